The Morgan fingerprint density at radius 3 is 2.32 bits per heavy atom. The molecule has 19 heavy (non-hydrogen) atoms. The number of nitrogens with two attached hydrogens (primary N) is 1. The van der Waals surface area contributed by atoms with Crippen molar-refractivity contribution in [1.82, 2.24) is 4.90 Å². The highest BCUT2D eigenvalue weighted by Crippen LogP contribution is 2.15. The standard InChI is InChI=1S/C12H18N2O4S/c1-14(2)12(15)4-3-9-18-10-5-7-11(8-6-10)19(13,16)17/h5-8H,3-4,9H2,1-2H3,(H2,13,16,17). The molecule has 0 unspecified atom stereocenters. The molecule has 0 saturated heterocycles. The smallest absolute Gasteiger partial charge is 0.238 e. The molecule has 0 aliphatic carbocycles. The van der Waals surface area contributed by atoms with Crippen molar-refractivity contribution in [3.63, 3.8) is 0 Å². The van der Waals surface area contributed by atoms with Crippen LogP contribution in [0.3, 0.4) is 0 Å². The van der Waals surface area contributed by atoms with Crippen LogP contribution in [0.1, 0.15) is 12.8 Å². The Morgan fingerprint density at radius 2 is 1.84 bits per heavy atom. The zero-order valence-electron chi connectivity index (χ0n) is 11.0. The first-order valence-corrected chi connectivity index (χ1v) is 7.31. The van der Waals surface area contributed by atoms with E-state index in [0.717, 1.165) is 0 Å². The largest absolute Gasteiger partial charge is 0.494 e. The lowest BCUT2D eigenvalue weighted by Crippen LogP contribution is -2.21. The van der Waals surface area contributed by atoms with Crippen LogP contribution >= 0.6 is 0 Å². The van der Waals surface area contributed by atoms with Crippen LogP contribution in [-0.2, 0) is 14.8 Å². The van der Waals surface area contributed by atoms with E-state index >= 15 is 0 Å². The van der Waals surface area contributed by atoms with Gasteiger partial charge in [-0.2, -0.15) is 0 Å². The predicted octanol–water partition coefficient (Wildman–Crippen LogP) is 0.581. The zero-order valence-corrected chi connectivity index (χ0v) is 11.8. The number of amides is 1. The minimum absolute atomic E-state index is 0.0441. The van der Waals surface area contributed by atoms with Crippen LogP contribution in [0.4, 0.5) is 0 Å². The van der Waals surface area contributed by atoms with Crippen LogP contribution in [-0.4, -0.2) is 39.9 Å². The number of carbonyl (C=O) groups excluding carboxylic acids is 1. The van der Waals surface area contributed by atoms with Gasteiger partial charge < -0.3 is 9.64 Å². The molecule has 0 aliphatic rings. The monoisotopic (exact) mass is 286 g/mol. The van der Waals surface area contributed by atoms with Gasteiger partial charge in [0.15, 0.2) is 0 Å². The molecule has 0 heterocycles. The summed E-state index contributed by atoms with van der Waals surface area (Å²) >= 11 is 0. The van der Waals surface area contributed by atoms with Crippen molar-refractivity contribution in [1.29, 1.82) is 0 Å². The quantitative estimate of drug-likeness (QED) is 0.775. The van der Waals surface area contributed by atoms with Gasteiger partial charge in [0.2, 0.25) is 15.9 Å². The van der Waals surface area contributed by atoms with E-state index in [1.807, 2.05) is 0 Å². The Balaban J connectivity index is 2.41. The second-order valence-electron chi connectivity index (χ2n) is 4.26. The van der Waals surface area contributed by atoms with Crippen molar-refractivity contribution >= 4 is 15.9 Å². The third-order valence-electron chi connectivity index (χ3n) is 2.45. The van der Waals surface area contributed by atoms with Crippen LogP contribution in [0.2, 0.25) is 0 Å². The molecule has 0 fully saturated rings. The molecule has 0 saturated carbocycles. The van der Waals surface area contributed by atoms with Gasteiger partial charge in [0.1, 0.15) is 5.75 Å². The Bertz CT molecular complexity index is 523. The van der Waals surface area contributed by atoms with Gasteiger partial charge in [0.25, 0.3) is 0 Å². The van der Waals surface area contributed by atoms with Crippen LogP contribution in [0.15, 0.2) is 29.2 Å². The first-order valence-electron chi connectivity index (χ1n) is 5.76. The lowest BCUT2D eigenvalue weighted by molar-refractivity contribution is -0.128. The van der Waals surface area contributed by atoms with Gasteiger partial charge in [0.05, 0.1) is 11.5 Å². The van der Waals surface area contributed by atoms with Crippen LogP contribution < -0.4 is 9.88 Å². The summed E-state index contributed by atoms with van der Waals surface area (Å²) in [5.74, 6) is 0.595. The molecule has 0 aromatic heterocycles. The van der Waals surface area contributed by atoms with E-state index in [1.165, 1.54) is 29.2 Å². The molecule has 1 amide bonds. The summed E-state index contributed by atoms with van der Waals surface area (Å²) in [6.45, 7) is 0.397. The van der Waals surface area contributed by atoms with Crippen molar-refractivity contribution in [2.75, 3.05) is 20.7 Å². The highest BCUT2D eigenvalue weighted by atomic mass is 32.2. The third-order valence-corrected chi connectivity index (χ3v) is 3.38. The first-order chi connectivity index (χ1) is 8.80. The van der Waals surface area contributed by atoms with Crippen LogP contribution in [0.5, 0.6) is 5.75 Å². The van der Waals surface area contributed by atoms with Gasteiger partial charge in [-0.05, 0) is 30.7 Å². The highest BCUT2D eigenvalue weighted by molar-refractivity contribution is 7.89. The molecular weight excluding hydrogens is 268 g/mol. The Hall–Kier alpha value is -1.60. The molecule has 0 bridgehead atoms. The van der Waals surface area contributed by atoms with E-state index < -0.39 is 10.0 Å². The minimum Gasteiger partial charge on any atom is -0.494 e. The van der Waals surface area contributed by atoms with E-state index in [4.69, 9.17) is 9.88 Å². The minimum atomic E-state index is -3.67. The van der Waals surface area contributed by atoms with E-state index in [-0.39, 0.29) is 10.8 Å². The number of hydrogen-bond donors (Lipinski definition) is 1. The maximum atomic E-state index is 11.3. The number of hydrogen-bond acceptors (Lipinski definition) is 4. The van der Waals surface area contributed by atoms with Crippen molar-refractivity contribution in [3.8, 4) is 5.75 Å². The summed E-state index contributed by atoms with van der Waals surface area (Å²) < 4.78 is 27.5. The number of sulfonamides is 1. The summed E-state index contributed by atoms with van der Waals surface area (Å²) in [6, 6.07) is 5.84. The van der Waals surface area contributed by atoms with Crippen molar-refractivity contribution in [3.05, 3.63) is 24.3 Å². The SMILES string of the molecule is CN(C)C(=O)CCCOc1ccc(S(N)(=O)=O)cc1. The van der Waals surface area contributed by atoms with Gasteiger partial charge in [0, 0.05) is 20.5 Å². The number of rotatable bonds is 6. The molecule has 0 atom stereocenters. The molecule has 0 spiro atoms. The second kappa shape index (κ2) is 6.53. The molecule has 0 radical (unpaired) electrons. The lowest BCUT2D eigenvalue weighted by Gasteiger charge is -2.10. The van der Waals surface area contributed by atoms with E-state index in [1.54, 1.807) is 14.1 Å². The fourth-order valence-corrected chi connectivity index (χ4v) is 1.88. The van der Waals surface area contributed by atoms with E-state index in [0.29, 0.717) is 25.2 Å². The Labute approximate surface area is 113 Å². The van der Waals surface area contributed by atoms with E-state index in [9.17, 15) is 13.2 Å². The summed E-state index contributed by atoms with van der Waals surface area (Å²) in [6.07, 6.45) is 1.02. The number of primary sulfonamides is 1. The topological polar surface area (TPSA) is 89.7 Å². The average molecular weight is 286 g/mol. The lowest BCUT2D eigenvalue weighted by atomic mass is 10.3. The first kappa shape index (κ1) is 15.5. The molecule has 6 nitrogen and oxygen atoms in total. The summed E-state index contributed by atoms with van der Waals surface area (Å²) in [7, 11) is -0.264. The maximum absolute atomic E-state index is 11.3. The van der Waals surface area contributed by atoms with Crippen LogP contribution in [0, 0.1) is 0 Å². The number of ether oxygens (including phenoxy) is 1. The highest BCUT2D eigenvalue weighted by Gasteiger charge is 2.07. The van der Waals surface area contributed by atoms with Crippen LogP contribution in [0.25, 0.3) is 0 Å². The van der Waals surface area contributed by atoms with Crippen molar-refractivity contribution in [2.24, 2.45) is 5.14 Å². The molecule has 1 aromatic rings. The van der Waals surface area contributed by atoms with Crippen molar-refractivity contribution < 1.29 is 17.9 Å². The fourth-order valence-electron chi connectivity index (χ4n) is 1.36. The van der Waals surface area contributed by atoms with Gasteiger partial charge in [-0.3, -0.25) is 4.79 Å². The zero-order chi connectivity index (χ0) is 14.5. The summed E-state index contributed by atoms with van der Waals surface area (Å²) in [5, 5.41) is 4.98. The van der Waals surface area contributed by atoms with Gasteiger partial charge in [-0.25, -0.2) is 13.6 Å². The van der Waals surface area contributed by atoms with Gasteiger partial charge >= 0.3 is 0 Å². The average Bonchev–Trinajstić information content (AvgIpc) is 2.33. The van der Waals surface area contributed by atoms with E-state index in [2.05, 4.69) is 0 Å². The Kier molecular flexibility index (Phi) is 5.31. The molecule has 1 rings (SSSR count). The number of nitrogens with zero attached hydrogens (tertiary/aromatic N) is 1. The normalized spacial score (nSPS) is 11.1. The van der Waals surface area contributed by atoms with Crippen molar-refractivity contribution in [2.45, 2.75) is 17.7 Å². The van der Waals surface area contributed by atoms with Gasteiger partial charge in [-0.1, -0.05) is 0 Å². The molecule has 106 valence electrons. The summed E-state index contributed by atoms with van der Waals surface area (Å²) in [5.41, 5.74) is 0. The molecule has 1 aromatic carbocycles. The molecular formula is C12H18N2O4S. The second-order valence-corrected chi connectivity index (χ2v) is 5.82. The van der Waals surface area contributed by atoms with Gasteiger partial charge in [-0.15, -0.1) is 0 Å². The maximum Gasteiger partial charge on any atom is 0.238 e. The summed E-state index contributed by atoms with van der Waals surface area (Å²) in [4.78, 5) is 12.9. The predicted molar refractivity (Wildman–Crippen MR) is 71.2 cm³/mol. The number of carbonyl (C=O) groups is 1. The molecule has 7 heteroatoms. The number of benzene rings is 1. The Morgan fingerprint density at radius 1 is 1.26 bits per heavy atom. The molecule has 2 N–H and O–H groups in total. The fraction of sp³-hybridized carbons (Fsp3) is 0.417. The third kappa shape index (κ3) is 5.27. The molecule has 0 aliphatic heterocycles.